The average molecular weight is 398 g/mol. The maximum Gasteiger partial charge on any atom is 0.331 e. The highest BCUT2D eigenvalue weighted by molar-refractivity contribution is 5.95. The molecule has 0 radical (unpaired) electrons. The molecule has 1 aliphatic rings. The Kier molecular flexibility index (Phi) is 6.26. The molecule has 3 rings (SSSR count). The third-order valence-electron chi connectivity index (χ3n) is 4.85. The van der Waals surface area contributed by atoms with Gasteiger partial charge in [0.05, 0.1) is 14.2 Å². The van der Waals surface area contributed by atoms with E-state index in [2.05, 4.69) is 22.9 Å². The van der Waals surface area contributed by atoms with E-state index >= 15 is 0 Å². The van der Waals surface area contributed by atoms with Gasteiger partial charge in [-0.1, -0.05) is 0 Å². The summed E-state index contributed by atoms with van der Waals surface area (Å²) in [5, 5.41) is 2.66. The van der Waals surface area contributed by atoms with Crippen LogP contribution >= 0.6 is 0 Å². The smallest absolute Gasteiger partial charge is 0.331 e. The van der Waals surface area contributed by atoms with Gasteiger partial charge in [0.25, 0.3) is 5.91 Å². The Morgan fingerprint density at radius 3 is 2.52 bits per heavy atom. The fraction of sp³-hybridized carbons (Fsp3) is 0.364. The van der Waals surface area contributed by atoms with Crippen molar-refractivity contribution in [1.82, 2.24) is 4.57 Å². The van der Waals surface area contributed by atoms with Crippen LogP contribution in [0, 0.1) is 13.8 Å². The van der Waals surface area contributed by atoms with Gasteiger partial charge < -0.3 is 24.1 Å². The number of amides is 1. The number of hydrogen-bond donors (Lipinski definition) is 1. The molecule has 1 fully saturated rings. The van der Waals surface area contributed by atoms with E-state index in [1.54, 1.807) is 24.3 Å². The fourth-order valence-corrected chi connectivity index (χ4v) is 3.32. The molecule has 0 atom stereocenters. The number of ether oxygens (including phenoxy) is 3. The lowest BCUT2D eigenvalue weighted by atomic mass is 10.2. The number of carbonyl (C=O) groups excluding carboxylic acids is 2. The molecule has 1 heterocycles. The molecule has 0 unspecified atom stereocenters. The summed E-state index contributed by atoms with van der Waals surface area (Å²) in [6, 6.07) is 7.64. The summed E-state index contributed by atoms with van der Waals surface area (Å²) in [4.78, 5) is 24.0. The molecule has 1 saturated carbocycles. The number of nitrogens with zero attached hydrogens (tertiary/aromatic N) is 1. The predicted octanol–water partition coefficient (Wildman–Crippen LogP) is 3.65. The number of aryl methyl sites for hydroxylation is 1. The minimum Gasteiger partial charge on any atom is -0.493 e. The number of rotatable bonds is 8. The molecule has 7 heteroatoms. The SMILES string of the molecule is COc1ccc(NC(=O)COC(=O)/C=C/c2cc(C)n(C3CC3)c2C)cc1OC. The van der Waals surface area contributed by atoms with Gasteiger partial charge in [0.1, 0.15) is 0 Å². The van der Waals surface area contributed by atoms with Crippen molar-refractivity contribution in [3.63, 3.8) is 0 Å². The molecule has 7 nitrogen and oxygen atoms in total. The van der Waals surface area contributed by atoms with Crippen molar-refractivity contribution in [2.45, 2.75) is 32.7 Å². The first-order valence-electron chi connectivity index (χ1n) is 9.48. The number of methoxy groups -OCH3 is 2. The van der Waals surface area contributed by atoms with Gasteiger partial charge in [0, 0.05) is 35.3 Å². The van der Waals surface area contributed by atoms with Crippen molar-refractivity contribution in [1.29, 1.82) is 0 Å². The summed E-state index contributed by atoms with van der Waals surface area (Å²) in [6.45, 7) is 3.74. The van der Waals surface area contributed by atoms with Gasteiger partial charge >= 0.3 is 5.97 Å². The molecule has 1 aliphatic carbocycles. The van der Waals surface area contributed by atoms with Gasteiger partial charge in [-0.3, -0.25) is 4.79 Å². The molecule has 29 heavy (non-hydrogen) atoms. The van der Waals surface area contributed by atoms with Crippen LogP contribution < -0.4 is 14.8 Å². The van der Waals surface area contributed by atoms with Crippen LogP contribution in [0.4, 0.5) is 5.69 Å². The lowest BCUT2D eigenvalue weighted by Gasteiger charge is -2.10. The zero-order valence-corrected chi connectivity index (χ0v) is 17.2. The molecule has 2 aromatic rings. The maximum atomic E-state index is 12.0. The highest BCUT2D eigenvalue weighted by Crippen LogP contribution is 2.38. The number of aromatic nitrogens is 1. The summed E-state index contributed by atoms with van der Waals surface area (Å²) >= 11 is 0. The first-order valence-corrected chi connectivity index (χ1v) is 9.48. The molecule has 154 valence electrons. The van der Waals surface area contributed by atoms with Crippen molar-refractivity contribution >= 4 is 23.6 Å². The molecular formula is C22H26N2O5. The highest BCUT2D eigenvalue weighted by Gasteiger charge is 2.26. The van der Waals surface area contributed by atoms with E-state index in [0.717, 1.165) is 11.3 Å². The van der Waals surface area contributed by atoms with Crippen molar-refractivity contribution in [3.8, 4) is 11.5 Å². The average Bonchev–Trinajstić information content (AvgIpc) is 3.49. The quantitative estimate of drug-likeness (QED) is 0.542. The number of benzene rings is 1. The Hall–Kier alpha value is -3.22. The van der Waals surface area contributed by atoms with E-state index in [0.29, 0.717) is 23.2 Å². The summed E-state index contributed by atoms with van der Waals surface area (Å²) < 4.78 is 17.7. The number of nitrogens with one attached hydrogen (secondary N) is 1. The van der Waals surface area contributed by atoms with Gasteiger partial charge in [-0.2, -0.15) is 0 Å². The number of anilines is 1. The zero-order chi connectivity index (χ0) is 21.0. The van der Waals surface area contributed by atoms with Crippen LogP contribution in [0.2, 0.25) is 0 Å². The monoisotopic (exact) mass is 398 g/mol. The maximum absolute atomic E-state index is 12.0. The van der Waals surface area contributed by atoms with E-state index in [9.17, 15) is 9.59 Å². The Morgan fingerprint density at radius 2 is 1.86 bits per heavy atom. The molecule has 1 amide bonds. The van der Waals surface area contributed by atoms with Crippen LogP contribution in [0.3, 0.4) is 0 Å². The summed E-state index contributed by atoms with van der Waals surface area (Å²) in [5.41, 5.74) is 3.83. The number of carbonyl (C=O) groups is 2. The van der Waals surface area contributed by atoms with Crippen LogP contribution in [-0.4, -0.2) is 37.3 Å². The second-order valence-electron chi connectivity index (χ2n) is 6.99. The Balaban J connectivity index is 1.52. The third kappa shape index (κ3) is 4.99. The Morgan fingerprint density at radius 1 is 1.14 bits per heavy atom. The molecule has 1 N–H and O–H groups in total. The van der Waals surface area contributed by atoms with Crippen LogP contribution in [0.25, 0.3) is 6.08 Å². The van der Waals surface area contributed by atoms with Crippen LogP contribution in [-0.2, 0) is 14.3 Å². The summed E-state index contributed by atoms with van der Waals surface area (Å²) in [6.07, 6.45) is 5.49. The van der Waals surface area contributed by atoms with Gasteiger partial charge in [0.15, 0.2) is 18.1 Å². The minimum absolute atomic E-state index is 0.376. The lowest BCUT2D eigenvalue weighted by Crippen LogP contribution is -2.20. The minimum atomic E-state index is -0.566. The first kappa shape index (κ1) is 20.5. The second kappa shape index (κ2) is 8.86. The standard InChI is InChI=1S/C22H26N2O5/c1-14-11-16(15(2)24(14)18-7-8-18)5-10-22(26)29-13-21(25)23-17-6-9-19(27-3)20(12-17)28-4/h5-6,9-12,18H,7-8,13H2,1-4H3,(H,23,25)/b10-5+. The number of esters is 1. The zero-order valence-electron chi connectivity index (χ0n) is 17.2. The van der Waals surface area contributed by atoms with E-state index in [-0.39, 0.29) is 6.61 Å². The van der Waals surface area contributed by atoms with Gasteiger partial charge in [0.2, 0.25) is 0 Å². The molecule has 0 spiro atoms. The van der Waals surface area contributed by atoms with E-state index in [4.69, 9.17) is 14.2 Å². The summed E-state index contributed by atoms with van der Waals surface area (Å²) in [5.74, 6) is 0.0479. The third-order valence-corrected chi connectivity index (χ3v) is 4.85. The lowest BCUT2D eigenvalue weighted by molar-refractivity contribution is -0.142. The molecule has 0 aliphatic heterocycles. The topological polar surface area (TPSA) is 78.8 Å². The highest BCUT2D eigenvalue weighted by atomic mass is 16.5. The van der Waals surface area contributed by atoms with E-state index in [1.165, 1.54) is 38.8 Å². The fourth-order valence-electron chi connectivity index (χ4n) is 3.32. The van der Waals surface area contributed by atoms with Crippen LogP contribution in [0.1, 0.15) is 35.8 Å². The van der Waals surface area contributed by atoms with E-state index < -0.39 is 11.9 Å². The van der Waals surface area contributed by atoms with Crippen molar-refractivity contribution in [2.75, 3.05) is 26.1 Å². The second-order valence-corrected chi connectivity index (χ2v) is 6.99. The van der Waals surface area contributed by atoms with Crippen molar-refractivity contribution in [2.24, 2.45) is 0 Å². The number of hydrogen-bond acceptors (Lipinski definition) is 5. The van der Waals surface area contributed by atoms with Gasteiger partial charge in [-0.25, -0.2) is 4.79 Å². The van der Waals surface area contributed by atoms with Crippen LogP contribution in [0.5, 0.6) is 11.5 Å². The predicted molar refractivity (Wildman–Crippen MR) is 110 cm³/mol. The first-order chi connectivity index (χ1) is 13.9. The van der Waals surface area contributed by atoms with Gasteiger partial charge in [-0.15, -0.1) is 0 Å². The normalized spacial score (nSPS) is 13.4. The van der Waals surface area contributed by atoms with Gasteiger partial charge in [-0.05, 0) is 56.5 Å². The van der Waals surface area contributed by atoms with E-state index in [1.807, 2.05) is 6.92 Å². The molecule has 1 aromatic heterocycles. The largest absolute Gasteiger partial charge is 0.493 e. The molecule has 1 aromatic carbocycles. The van der Waals surface area contributed by atoms with Crippen molar-refractivity contribution in [3.05, 3.63) is 47.3 Å². The summed E-state index contributed by atoms with van der Waals surface area (Å²) in [7, 11) is 3.05. The molecule has 0 saturated heterocycles. The molecular weight excluding hydrogens is 372 g/mol. The Bertz CT molecular complexity index is 941. The Labute approximate surface area is 170 Å². The molecule has 0 bridgehead atoms. The van der Waals surface area contributed by atoms with Crippen molar-refractivity contribution < 1.29 is 23.8 Å². The van der Waals surface area contributed by atoms with Crippen LogP contribution in [0.15, 0.2) is 30.3 Å².